The quantitative estimate of drug-likeness (QED) is 0.841. The van der Waals surface area contributed by atoms with Gasteiger partial charge >= 0.3 is 0 Å². The molecule has 0 atom stereocenters. The first-order valence-corrected chi connectivity index (χ1v) is 5.42. The van der Waals surface area contributed by atoms with Crippen molar-refractivity contribution >= 4 is 17.2 Å². The van der Waals surface area contributed by atoms with Crippen LogP contribution >= 0.6 is 11.3 Å². The van der Waals surface area contributed by atoms with Crippen LogP contribution in [0.5, 0.6) is 0 Å². The van der Waals surface area contributed by atoms with Gasteiger partial charge in [-0.2, -0.15) is 0 Å². The Balaban J connectivity index is 2.25. The summed E-state index contributed by atoms with van der Waals surface area (Å²) in [5.41, 5.74) is 6.92. The van der Waals surface area contributed by atoms with Gasteiger partial charge in [-0.15, -0.1) is 11.3 Å². The van der Waals surface area contributed by atoms with Crippen LogP contribution in [-0.2, 0) is 0 Å². The topological polar surface area (TPSA) is 43.1 Å². The molecular weight excluding hydrogens is 206 g/mol. The summed E-state index contributed by atoms with van der Waals surface area (Å²) in [5, 5.41) is 1.87. The van der Waals surface area contributed by atoms with Gasteiger partial charge in [0, 0.05) is 11.3 Å². The van der Waals surface area contributed by atoms with Crippen molar-refractivity contribution in [1.82, 2.24) is 0 Å². The van der Waals surface area contributed by atoms with Gasteiger partial charge in [0.1, 0.15) is 0 Å². The van der Waals surface area contributed by atoms with Gasteiger partial charge in [0.2, 0.25) is 5.91 Å². The van der Waals surface area contributed by atoms with Gasteiger partial charge in [0.25, 0.3) is 0 Å². The van der Waals surface area contributed by atoms with Crippen molar-refractivity contribution in [1.29, 1.82) is 0 Å². The van der Waals surface area contributed by atoms with E-state index in [4.69, 9.17) is 5.73 Å². The first-order valence-electron chi connectivity index (χ1n) is 4.54. The Morgan fingerprint density at radius 1 is 1.20 bits per heavy atom. The molecule has 0 fully saturated rings. The van der Waals surface area contributed by atoms with Crippen LogP contribution < -0.4 is 5.73 Å². The second-order valence-electron chi connectivity index (χ2n) is 3.12. The fourth-order valence-corrected chi connectivity index (χ4v) is 2.19. The second kappa shape index (κ2) is 4.28. The Morgan fingerprint density at radius 3 is 2.60 bits per heavy atom. The van der Waals surface area contributed by atoms with E-state index in [0.29, 0.717) is 5.56 Å². The zero-order valence-corrected chi connectivity index (χ0v) is 8.83. The highest BCUT2D eigenvalue weighted by Crippen LogP contribution is 2.21. The first kappa shape index (κ1) is 9.93. The lowest BCUT2D eigenvalue weighted by molar-refractivity contribution is 0.100. The van der Waals surface area contributed by atoms with Crippen LogP contribution in [-0.4, -0.2) is 5.91 Å². The van der Waals surface area contributed by atoms with Crippen molar-refractivity contribution < 1.29 is 4.79 Å². The molecule has 15 heavy (non-hydrogen) atoms. The molecule has 0 aliphatic carbocycles. The van der Waals surface area contributed by atoms with Crippen molar-refractivity contribution in [2.24, 2.45) is 5.73 Å². The molecule has 2 aromatic rings. The molecule has 0 saturated heterocycles. The monoisotopic (exact) mass is 216 g/mol. The third-order valence-electron chi connectivity index (χ3n) is 2.06. The molecule has 0 spiro atoms. The highest BCUT2D eigenvalue weighted by Gasteiger charge is 2.09. The number of nitrogens with two attached hydrogens (primary N) is 1. The van der Waals surface area contributed by atoms with E-state index in [0.717, 1.165) is 10.4 Å². The molecule has 2 rings (SSSR count). The Hall–Kier alpha value is -1.61. The fraction of sp³-hybridized carbons (Fsp3) is 0. The minimum atomic E-state index is -0.376. The van der Waals surface area contributed by atoms with E-state index in [9.17, 15) is 4.79 Å². The van der Waals surface area contributed by atoms with Gasteiger partial charge in [0.15, 0.2) is 0 Å². The third kappa shape index (κ3) is 2.25. The predicted molar refractivity (Wildman–Crippen MR) is 61.8 cm³/mol. The molecule has 0 saturated carbocycles. The molecule has 1 amide bonds. The van der Waals surface area contributed by atoms with Gasteiger partial charge < -0.3 is 5.73 Å². The zero-order valence-electron chi connectivity index (χ0n) is 8.01. The smallest absolute Gasteiger partial charge is 0.249 e. The first-order chi connectivity index (χ1) is 7.27. The molecule has 75 valence electrons. The van der Waals surface area contributed by atoms with E-state index in [2.05, 4.69) is 0 Å². The average Bonchev–Trinajstić information content (AvgIpc) is 2.67. The number of hydrogen-bond acceptors (Lipinski definition) is 2. The SMILES string of the molecule is NC(=O)c1ccsc1[CH]c1ccccc1. The summed E-state index contributed by atoms with van der Waals surface area (Å²) in [6.07, 6.45) is 1.96. The molecule has 0 bridgehead atoms. The number of hydrogen-bond donors (Lipinski definition) is 1. The van der Waals surface area contributed by atoms with Crippen LogP contribution in [0.4, 0.5) is 0 Å². The Bertz CT molecular complexity index is 461. The third-order valence-corrected chi connectivity index (χ3v) is 2.92. The summed E-state index contributed by atoms with van der Waals surface area (Å²) in [4.78, 5) is 12.0. The van der Waals surface area contributed by atoms with Crippen LogP contribution in [0.15, 0.2) is 41.8 Å². The lowest BCUT2D eigenvalue weighted by atomic mass is 10.1. The Morgan fingerprint density at radius 2 is 1.93 bits per heavy atom. The number of rotatable bonds is 3. The molecule has 0 unspecified atom stereocenters. The molecule has 0 aliphatic heterocycles. The van der Waals surface area contributed by atoms with E-state index in [1.165, 1.54) is 11.3 Å². The van der Waals surface area contributed by atoms with Crippen molar-refractivity contribution in [3.05, 3.63) is 64.2 Å². The highest BCUT2D eigenvalue weighted by molar-refractivity contribution is 7.10. The normalized spacial score (nSPS) is 10.1. The summed E-state index contributed by atoms with van der Waals surface area (Å²) < 4.78 is 0. The highest BCUT2D eigenvalue weighted by atomic mass is 32.1. The number of carbonyl (C=O) groups excluding carboxylic acids is 1. The van der Waals surface area contributed by atoms with E-state index >= 15 is 0 Å². The van der Waals surface area contributed by atoms with Gasteiger partial charge in [0.05, 0.1) is 5.56 Å². The standard InChI is InChI=1S/C12H10NOS/c13-12(14)10-6-7-15-11(10)8-9-4-2-1-3-5-9/h1-8H,(H2,13,14). The van der Waals surface area contributed by atoms with Crippen LogP contribution in [0.2, 0.25) is 0 Å². The van der Waals surface area contributed by atoms with Gasteiger partial charge in [-0.1, -0.05) is 30.3 Å². The zero-order chi connectivity index (χ0) is 10.7. The summed E-state index contributed by atoms with van der Waals surface area (Å²) in [6.45, 7) is 0. The van der Waals surface area contributed by atoms with E-state index in [1.807, 2.05) is 42.1 Å². The Kier molecular flexibility index (Phi) is 2.83. The van der Waals surface area contributed by atoms with Gasteiger partial charge in [-0.05, 0) is 17.0 Å². The van der Waals surface area contributed by atoms with Crippen LogP contribution in [0.1, 0.15) is 20.8 Å². The van der Waals surface area contributed by atoms with Gasteiger partial charge in [-0.3, -0.25) is 4.79 Å². The second-order valence-corrected chi connectivity index (χ2v) is 4.07. The molecule has 0 aliphatic rings. The maximum Gasteiger partial charge on any atom is 0.249 e. The van der Waals surface area contributed by atoms with Crippen molar-refractivity contribution in [2.45, 2.75) is 0 Å². The van der Waals surface area contributed by atoms with Crippen molar-refractivity contribution in [3.63, 3.8) is 0 Å². The Labute approximate surface area is 92.4 Å². The molecule has 1 aromatic heterocycles. The number of thiophene rings is 1. The molecule has 2 N–H and O–H groups in total. The number of benzene rings is 1. The molecule has 1 aromatic carbocycles. The summed E-state index contributed by atoms with van der Waals surface area (Å²) >= 11 is 1.52. The fourth-order valence-electron chi connectivity index (χ4n) is 1.34. The number of primary amides is 1. The van der Waals surface area contributed by atoms with Gasteiger partial charge in [-0.25, -0.2) is 0 Å². The molecule has 1 heterocycles. The molecule has 1 radical (unpaired) electrons. The van der Waals surface area contributed by atoms with E-state index in [1.54, 1.807) is 6.07 Å². The van der Waals surface area contributed by atoms with E-state index < -0.39 is 0 Å². The summed E-state index contributed by atoms with van der Waals surface area (Å²) in [7, 11) is 0. The maximum atomic E-state index is 11.1. The molecule has 2 nitrogen and oxygen atoms in total. The summed E-state index contributed by atoms with van der Waals surface area (Å²) in [5.74, 6) is -0.376. The lowest BCUT2D eigenvalue weighted by Gasteiger charge is -2.00. The predicted octanol–water partition coefficient (Wildman–Crippen LogP) is 2.45. The minimum Gasteiger partial charge on any atom is -0.366 e. The molecule has 3 heteroatoms. The lowest BCUT2D eigenvalue weighted by Crippen LogP contribution is -2.11. The number of amides is 1. The minimum absolute atomic E-state index is 0.376. The van der Waals surface area contributed by atoms with E-state index in [-0.39, 0.29) is 5.91 Å². The maximum absolute atomic E-state index is 11.1. The van der Waals surface area contributed by atoms with Crippen LogP contribution in [0, 0.1) is 6.42 Å². The number of carbonyl (C=O) groups is 1. The average molecular weight is 216 g/mol. The van der Waals surface area contributed by atoms with Crippen molar-refractivity contribution in [3.8, 4) is 0 Å². The van der Waals surface area contributed by atoms with Crippen molar-refractivity contribution in [2.75, 3.05) is 0 Å². The largest absolute Gasteiger partial charge is 0.366 e. The van der Waals surface area contributed by atoms with Crippen LogP contribution in [0.3, 0.4) is 0 Å². The summed E-state index contributed by atoms with van der Waals surface area (Å²) in [6, 6.07) is 11.6. The molecular formula is C12H10NOS. The van der Waals surface area contributed by atoms with Crippen LogP contribution in [0.25, 0.3) is 0 Å².